The van der Waals surface area contributed by atoms with Gasteiger partial charge in [0.2, 0.25) is 11.9 Å². The first-order valence-corrected chi connectivity index (χ1v) is 10.4. The number of benzene rings is 1. The molecule has 28 heavy (non-hydrogen) atoms. The van der Waals surface area contributed by atoms with Crippen LogP contribution in [0.5, 0.6) is 0 Å². The van der Waals surface area contributed by atoms with Crippen LogP contribution in [0, 0.1) is 5.92 Å². The van der Waals surface area contributed by atoms with Crippen LogP contribution < -0.4 is 4.90 Å². The van der Waals surface area contributed by atoms with Gasteiger partial charge >= 0.3 is 0 Å². The minimum atomic E-state index is 0.186. The van der Waals surface area contributed by atoms with Crippen LogP contribution in [0.1, 0.15) is 44.3 Å². The maximum Gasteiger partial charge on any atom is 0.226 e. The van der Waals surface area contributed by atoms with Gasteiger partial charge in [-0.3, -0.25) is 4.79 Å². The second kappa shape index (κ2) is 5.90. The Kier molecular flexibility index (Phi) is 3.43. The highest BCUT2D eigenvalue weighted by Crippen LogP contribution is 2.41. The number of hydrogen-bond acceptors (Lipinski definition) is 5. The number of aromatic nitrogens is 4. The molecule has 7 heteroatoms. The molecule has 1 saturated heterocycles. The molecule has 3 aromatic rings. The van der Waals surface area contributed by atoms with Gasteiger partial charge in [0.25, 0.3) is 0 Å². The van der Waals surface area contributed by atoms with Crippen molar-refractivity contribution in [2.75, 3.05) is 24.5 Å². The van der Waals surface area contributed by atoms with Crippen LogP contribution in [0.2, 0.25) is 0 Å². The molecule has 7 nitrogen and oxygen atoms in total. The van der Waals surface area contributed by atoms with Crippen LogP contribution in [0.4, 0.5) is 5.95 Å². The molecule has 0 N–H and O–H groups in total. The molecule has 1 atom stereocenters. The van der Waals surface area contributed by atoms with Crippen LogP contribution in [0.25, 0.3) is 16.6 Å². The molecule has 1 amide bonds. The van der Waals surface area contributed by atoms with Crippen molar-refractivity contribution in [1.29, 1.82) is 0 Å². The van der Waals surface area contributed by atoms with E-state index in [9.17, 15) is 4.79 Å². The van der Waals surface area contributed by atoms with E-state index in [0.717, 1.165) is 60.8 Å². The highest BCUT2D eigenvalue weighted by molar-refractivity contribution is 5.92. The third-order valence-electron chi connectivity index (χ3n) is 6.32. The summed E-state index contributed by atoms with van der Waals surface area (Å²) in [5.41, 5.74) is 1.84. The summed E-state index contributed by atoms with van der Waals surface area (Å²) in [4.78, 5) is 22.0. The van der Waals surface area contributed by atoms with Gasteiger partial charge in [-0.15, -0.1) is 10.2 Å². The van der Waals surface area contributed by atoms with Crippen molar-refractivity contribution < 1.29 is 4.79 Å². The predicted molar refractivity (Wildman–Crippen MR) is 106 cm³/mol. The zero-order chi connectivity index (χ0) is 18.8. The first-order chi connectivity index (χ1) is 13.7. The molecule has 0 bridgehead atoms. The summed E-state index contributed by atoms with van der Waals surface area (Å²) < 4.78 is 2.17. The number of amides is 1. The van der Waals surface area contributed by atoms with E-state index in [-0.39, 0.29) is 12.0 Å². The lowest BCUT2D eigenvalue weighted by Gasteiger charge is -2.40. The van der Waals surface area contributed by atoms with Gasteiger partial charge in [-0.2, -0.15) is 0 Å². The molecular weight excluding hydrogens is 352 g/mol. The number of fused-ring (bicyclic) bond motifs is 3. The number of nitrogens with zero attached hydrogens (tertiary/aromatic N) is 6. The summed E-state index contributed by atoms with van der Waals surface area (Å²) in [5.74, 6) is 3.07. The van der Waals surface area contributed by atoms with Crippen molar-refractivity contribution in [3.05, 3.63) is 30.1 Å². The van der Waals surface area contributed by atoms with Gasteiger partial charge in [-0.1, -0.05) is 12.1 Å². The molecule has 2 aromatic heterocycles. The van der Waals surface area contributed by atoms with Crippen LogP contribution in [-0.4, -0.2) is 56.1 Å². The normalized spacial score (nSPS) is 23.0. The Hall–Kier alpha value is -2.70. The minimum absolute atomic E-state index is 0.186. The smallest absolute Gasteiger partial charge is 0.226 e. The topological polar surface area (TPSA) is 66.6 Å². The molecular formula is C21H24N6O. The Morgan fingerprint density at radius 3 is 2.64 bits per heavy atom. The fourth-order valence-corrected chi connectivity index (χ4v) is 4.44. The molecule has 0 spiro atoms. The summed E-state index contributed by atoms with van der Waals surface area (Å²) >= 11 is 0. The van der Waals surface area contributed by atoms with Crippen LogP contribution in [-0.2, 0) is 4.79 Å². The molecule has 0 radical (unpaired) electrons. The van der Waals surface area contributed by atoms with Gasteiger partial charge in [0.15, 0.2) is 5.65 Å². The van der Waals surface area contributed by atoms with E-state index in [1.807, 2.05) is 18.2 Å². The second-order valence-electron chi connectivity index (χ2n) is 8.52. The summed E-state index contributed by atoms with van der Waals surface area (Å²) in [6.45, 7) is 4.50. The zero-order valence-corrected chi connectivity index (χ0v) is 16.1. The van der Waals surface area contributed by atoms with Gasteiger partial charge in [0, 0.05) is 42.9 Å². The molecule has 1 aromatic carbocycles. The molecule has 3 fully saturated rings. The fraction of sp³-hybridized carbons (Fsp3) is 0.524. The van der Waals surface area contributed by atoms with E-state index in [1.54, 1.807) is 0 Å². The summed E-state index contributed by atoms with van der Waals surface area (Å²) in [5, 5.41) is 10.1. The average Bonchev–Trinajstić information content (AvgIpc) is 3.64. The standard InChI is InChI=1S/C21H24N6O/c1-13-12-25(10-11-26(13)20(28)15-8-9-15)21-22-17-5-3-2-4-16(17)19-24-23-18(27(19)21)14-6-7-14/h2-5,13-15H,6-12H2,1H3. The van der Waals surface area contributed by atoms with Crippen LogP contribution >= 0.6 is 0 Å². The number of rotatable bonds is 3. The van der Waals surface area contributed by atoms with Gasteiger partial charge in [-0.05, 0) is 44.7 Å². The number of hydrogen-bond donors (Lipinski definition) is 0. The number of carbonyl (C=O) groups excluding carboxylic acids is 1. The Morgan fingerprint density at radius 2 is 1.89 bits per heavy atom. The highest BCUT2D eigenvalue weighted by Gasteiger charge is 2.38. The van der Waals surface area contributed by atoms with Crippen molar-refractivity contribution in [2.45, 2.75) is 44.6 Å². The number of anilines is 1. The lowest BCUT2D eigenvalue weighted by atomic mass is 10.1. The molecule has 144 valence electrons. The Labute approximate surface area is 163 Å². The fourth-order valence-electron chi connectivity index (χ4n) is 4.44. The highest BCUT2D eigenvalue weighted by atomic mass is 16.2. The van der Waals surface area contributed by atoms with E-state index >= 15 is 0 Å². The maximum absolute atomic E-state index is 12.6. The SMILES string of the molecule is CC1CN(c2nc3ccccc3c3nnc(C4CC4)n23)CCN1C(=O)C1CC1. The Balaban J connectivity index is 1.42. The van der Waals surface area contributed by atoms with E-state index in [0.29, 0.717) is 11.8 Å². The van der Waals surface area contributed by atoms with Crippen molar-refractivity contribution in [2.24, 2.45) is 5.92 Å². The number of para-hydroxylation sites is 1. The third kappa shape index (κ3) is 2.48. The summed E-state index contributed by atoms with van der Waals surface area (Å²) in [6.07, 6.45) is 4.47. The quantitative estimate of drug-likeness (QED) is 0.703. The summed E-state index contributed by atoms with van der Waals surface area (Å²) in [6, 6.07) is 8.34. The zero-order valence-electron chi connectivity index (χ0n) is 16.1. The third-order valence-corrected chi connectivity index (χ3v) is 6.32. The van der Waals surface area contributed by atoms with Gasteiger partial charge in [0.05, 0.1) is 5.52 Å². The van der Waals surface area contributed by atoms with Crippen molar-refractivity contribution in [1.82, 2.24) is 24.5 Å². The molecule has 3 heterocycles. The maximum atomic E-state index is 12.6. The lowest BCUT2D eigenvalue weighted by Crippen LogP contribution is -2.55. The van der Waals surface area contributed by atoms with E-state index in [1.165, 1.54) is 12.8 Å². The second-order valence-corrected chi connectivity index (χ2v) is 8.52. The molecule has 1 unspecified atom stereocenters. The first-order valence-electron chi connectivity index (χ1n) is 10.4. The van der Waals surface area contributed by atoms with E-state index < -0.39 is 0 Å². The number of piperazine rings is 1. The molecule has 1 aliphatic heterocycles. The van der Waals surface area contributed by atoms with Crippen molar-refractivity contribution >= 4 is 28.4 Å². The Bertz CT molecular complexity index is 1080. The van der Waals surface area contributed by atoms with Crippen molar-refractivity contribution in [3.8, 4) is 0 Å². The molecule has 2 aliphatic carbocycles. The van der Waals surface area contributed by atoms with Crippen LogP contribution in [0.3, 0.4) is 0 Å². The summed E-state index contributed by atoms with van der Waals surface area (Å²) in [7, 11) is 0. The van der Waals surface area contributed by atoms with Crippen LogP contribution in [0.15, 0.2) is 24.3 Å². The lowest BCUT2D eigenvalue weighted by molar-refractivity contribution is -0.134. The van der Waals surface area contributed by atoms with Gasteiger partial charge < -0.3 is 9.80 Å². The molecule has 6 rings (SSSR count). The first kappa shape index (κ1) is 16.3. The minimum Gasteiger partial charge on any atom is -0.338 e. The molecule has 3 aliphatic rings. The van der Waals surface area contributed by atoms with Gasteiger partial charge in [0.1, 0.15) is 5.82 Å². The monoisotopic (exact) mass is 376 g/mol. The van der Waals surface area contributed by atoms with Crippen molar-refractivity contribution in [3.63, 3.8) is 0 Å². The average molecular weight is 376 g/mol. The molecule has 2 saturated carbocycles. The Morgan fingerprint density at radius 1 is 1.07 bits per heavy atom. The van der Waals surface area contributed by atoms with E-state index in [2.05, 4.69) is 37.4 Å². The predicted octanol–water partition coefficient (Wildman–Crippen LogP) is 2.60. The van der Waals surface area contributed by atoms with E-state index in [4.69, 9.17) is 4.98 Å². The largest absolute Gasteiger partial charge is 0.338 e. The van der Waals surface area contributed by atoms with Gasteiger partial charge in [-0.25, -0.2) is 9.38 Å². The number of carbonyl (C=O) groups is 1.